The normalized spacial score (nSPS) is 11.6. The molecular formula is C20H32N6O3. The van der Waals surface area contributed by atoms with Gasteiger partial charge in [-0.15, -0.1) is 0 Å². The number of guanidine groups is 1. The van der Waals surface area contributed by atoms with Crippen molar-refractivity contribution in [3.05, 3.63) is 30.2 Å². The highest BCUT2D eigenvalue weighted by atomic mass is 16.5. The first-order chi connectivity index (χ1) is 14.3. The first-order valence-corrected chi connectivity index (χ1v) is 10.2. The van der Waals surface area contributed by atoms with Crippen molar-refractivity contribution in [3.63, 3.8) is 0 Å². The molecule has 9 nitrogen and oxygen atoms in total. The molecular weight excluding hydrogens is 372 g/mol. The molecule has 2 N–H and O–H groups in total. The van der Waals surface area contributed by atoms with Crippen LogP contribution in [0.4, 0.5) is 0 Å². The molecule has 0 aliphatic carbocycles. The zero-order valence-corrected chi connectivity index (χ0v) is 17.4. The fourth-order valence-electron chi connectivity index (χ4n) is 2.37. The minimum absolute atomic E-state index is 0.428. The Morgan fingerprint density at radius 1 is 1.10 bits per heavy atom. The van der Waals surface area contributed by atoms with Crippen molar-refractivity contribution in [2.75, 3.05) is 46.1 Å². The minimum Gasteiger partial charge on any atom is -0.379 e. The Labute approximate surface area is 172 Å². The lowest BCUT2D eigenvalue weighted by atomic mass is 10.3. The van der Waals surface area contributed by atoms with Gasteiger partial charge in [-0.2, -0.15) is 4.98 Å². The molecule has 0 spiro atoms. The van der Waals surface area contributed by atoms with Gasteiger partial charge in [-0.1, -0.05) is 24.6 Å². The van der Waals surface area contributed by atoms with E-state index in [4.69, 9.17) is 14.0 Å². The Morgan fingerprint density at radius 3 is 2.72 bits per heavy atom. The number of unbranched alkanes of at least 4 members (excludes halogenated alkanes) is 1. The van der Waals surface area contributed by atoms with E-state index >= 15 is 0 Å². The molecule has 0 aliphatic heterocycles. The Hall–Kier alpha value is -2.52. The lowest BCUT2D eigenvalue weighted by Gasteiger charge is -2.10. The van der Waals surface area contributed by atoms with Crippen molar-refractivity contribution >= 4 is 5.96 Å². The van der Waals surface area contributed by atoms with Crippen LogP contribution in [0.3, 0.4) is 0 Å². The zero-order chi connectivity index (χ0) is 20.6. The predicted molar refractivity (Wildman–Crippen MR) is 112 cm³/mol. The fraction of sp³-hybridized carbons (Fsp3) is 0.600. The fourth-order valence-corrected chi connectivity index (χ4v) is 2.37. The molecule has 2 aromatic rings. The highest BCUT2D eigenvalue weighted by Gasteiger charge is 2.09. The van der Waals surface area contributed by atoms with Crippen LogP contribution in [0.15, 0.2) is 33.9 Å². The summed E-state index contributed by atoms with van der Waals surface area (Å²) in [6.45, 7) is 8.77. The second-order valence-electron chi connectivity index (χ2n) is 6.25. The van der Waals surface area contributed by atoms with Gasteiger partial charge in [0.2, 0.25) is 0 Å². The molecule has 2 rings (SSSR count). The summed E-state index contributed by atoms with van der Waals surface area (Å²) in [5.41, 5.74) is 0.671. The number of pyridine rings is 1. The topological polar surface area (TPSA) is 107 Å². The van der Waals surface area contributed by atoms with E-state index in [1.807, 2.05) is 25.1 Å². The Morgan fingerprint density at radius 2 is 1.97 bits per heavy atom. The molecule has 0 unspecified atom stereocenters. The van der Waals surface area contributed by atoms with Gasteiger partial charge in [-0.25, -0.2) is 0 Å². The molecule has 2 aromatic heterocycles. The van der Waals surface area contributed by atoms with Crippen molar-refractivity contribution in [2.45, 2.75) is 33.1 Å². The van der Waals surface area contributed by atoms with E-state index in [2.05, 4.69) is 37.7 Å². The summed E-state index contributed by atoms with van der Waals surface area (Å²) in [5, 5.41) is 10.5. The number of aliphatic imine (C=N–C) groups is 1. The maximum absolute atomic E-state index is 5.54. The van der Waals surface area contributed by atoms with Crippen molar-refractivity contribution in [1.82, 2.24) is 25.8 Å². The SMILES string of the molecule is CCCCOCCOCCN=C(NCC)NCCc1noc(-c2ccccn2)n1. The standard InChI is InChI=1S/C20H32N6O3/c1-3-5-13-27-15-16-28-14-12-24-20(21-4-2)23-11-9-18-25-19(29-26-18)17-8-6-7-10-22-17/h6-8,10H,3-5,9,11-16H2,1-2H3,(H2,21,23,24). The summed E-state index contributed by atoms with van der Waals surface area (Å²) in [4.78, 5) is 13.1. The first kappa shape index (κ1) is 22.8. The van der Waals surface area contributed by atoms with E-state index in [9.17, 15) is 0 Å². The maximum atomic E-state index is 5.54. The molecule has 0 saturated carbocycles. The number of nitrogens with one attached hydrogen (secondary N) is 2. The van der Waals surface area contributed by atoms with Crippen LogP contribution < -0.4 is 10.6 Å². The summed E-state index contributed by atoms with van der Waals surface area (Å²) >= 11 is 0. The van der Waals surface area contributed by atoms with Gasteiger partial charge < -0.3 is 24.6 Å². The highest BCUT2D eigenvalue weighted by Crippen LogP contribution is 2.12. The summed E-state index contributed by atoms with van der Waals surface area (Å²) in [5.74, 6) is 1.79. The van der Waals surface area contributed by atoms with E-state index in [0.29, 0.717) is 56.7 Å². The summed E-state index contributed by atoms with van der Waals surface area (Å²) < 4.78 is 16.3. The van der Waals surface area contributed by atoms with Crippen molar-refractivity contribution in [1.29, 1.82) is 0 Å². The number of rotatable bonds is 14. The number of nitrogens with zero attached hydrogens (tertiary/aromatic N) is 4. The van der Waals surface area contributed by atoms with Crippen LogP contribution in [-0.2, 0) is 15.9 Å². The van der Waals surface area contributed by atoms with Crippen molar-refractivity contribution in [3.8, 4) is 11.6 Å². The molecule has 9 heteroatoms. The quantitative estimate of drug-likeness (QED) is 0.280. The average Bonchev–Trinajstić information content (AvgIpc) is 3.22. The van der Waals surface area contributed by atoms with Crippen LogP contribution in [0.25, 0.3) is 11.6 Å². The molecule has 0 atom stereocenters. The van der Waals surface area contributed by atoms with E-state index < -0.39 is 0 Å². The molecule has 0 radical (unpaired) electrons. The van der Waals surface area contributed by atoms with Gasteiger partial charge in [0.1, 0.15) is 5.69 Å². The van der Waals surface area contributed by atoms with Crippen LogP contribution in [0, 0.1) is 0 Å². The second kappa shape index (κ2) is 14.5. The highest BCUT2D eigenvalue weighted by molar-refractivity contribution is 5.79. The Bertz CT molecular complexity index is 693. The molecule has 2 heterocycles. The zero-order valence-electron chi connectivity index (χ0n) is 17.4. The van der Waals surface area contributed by atoms with Gasteiger partial charge in [0, 0.05) is 32.3 Å². The largest absolute Gasteiger partial charge is 0.379 e. The number of ether oxygens (including phenoxy) is 2. The van der Waals surface area contributed by atoms with Crippen LogP contribution >= 0.6 is 0 Å². The van der Waals surface area contributed by atoms with Gasteiger partial charge in [0.05, 0.1) is 26.4 Å². The van der Waals surface area contributed by atoms with Crippen molar-refractivity contribution in [2.24, 2.45) is 4.99 Å². The van der Waals surface area contributed by atoms with E-state index in [0.717, 1.165) is 32.0 Å². The van der Waals surface area contributed by atoms with E-state index in [-0.39, 0.29) is 0 Å². The van der Waals surface area contributed by atoms with E-state index in [1.54, 1.807) is 6.20 Å². The molecule has 0 bridgehead atoms. The first-order valence-electron chi connectivity index (χ1n) is 10.2. The van der Waals surface area contributed by atoms with Gasteiger partial charge in [-0.05, 0) is 25.5 Å². The van der Waals surface area contributed by atoms with Crippen molar-refractivity contribution < 1.29 is 14.0 Å². The lowest BCUT2D eigenvalue weighted by Crippen LogP contribution is -2.38. The van der Waals surface area contributed by atoms with Crippen LogP contribution in [0.2, 0.25) is 0 Å². The van der Waals surface area contributed by atoms with Gasteiger partial charge in [0.25, 0.3) is 5.89 Å². The Balaban J connectivity index is 1.64. The summed E-state index contributed by atoms with van der Waals surface area (Å²) in [6, 6.07) is 5.57. The maximum Gasteiger partial charge on any atom is 0.276 e. The summed E-state index contributed by atoms with van der Waals surface area (Å²) in [6.07, 6.45) is 4.56. The monoisotopic (exact) mass is 404 g/mol. The second-order valence-corrected chi connectivity index (χ2v) is 6.25. The molecule has 160 valence electrons. The third kappa shape index (κ3) is 9.49. The summed E-state index contributed by atoms with van der Waals surface area (Å²) in [7, 11) is 0. The molecule has 0 fully saturated rings. The minimum atomic E-state index is 0.428. The molecule has 0 aromatic carbocycles. The molecule has 0 amide bonds. The predicted octanol–water partition coefficient (Wildman–Crippen LogP) is 2.06. The number of hydrogen-bond donors (Lipinski definition) is 2. The van der Waals surface area contributed by atoms with Crippen LogP contribution in [0.5, 0.6) is 0 Å². The smallest absolute Gasteiger partial charge is 0.276 e. The lowest BCUT2D eigenvalue weighted by molar-refractivity contribution is 0.0497. The van der Waals surface area contributed by atoms with Gasteiger partial charge in [-0.3, -0.25) is 9.98 Å². The number of hydrogen-bond acceptors (Lipinski definition) is 7. The molecule has 0 saturated heterocycles. The Kier molecular flexibility index (Phi) is 11.4. The van der Waals surface area contributed by atoms with Gasteiger partial charge in [0.15, 0.2) is 11.8 Å². The number of aromatic nitrogens is 3. The third-order valence-electron chi connectivity index (χ3n) is 3.86. The molecule has 0 aliphatic rings. The van der Waals surface area contributed by atoms with Crippen LogP contribution in [-0.4, -0.2) is 67.1 Å². The van der Waals surface area contributed by atoms with E-state index in [1.165, 1.54) is 0 Å². The van der Waals surface area contributed by atoms with Gasteiger partial charge >= 0.3 is 0 Å². The van der Waals surface area contributed by atoms with Crippen LogP contribution in [0.1, 0.15) is 32.5 Å². The third-order valence-corrected chi connectivity index (χ3v) is 3.86. The average molecular weight is 405 g/mol. The molecule has 29 heavy (non-hydrogen) atoms.